The maximum atomic E-state index is 14.6. The molecule has 2 heterocycles. The van der Waals surface area contributed by atoms with Crippen LogP contribution in [-0.4, -0.2) is 45.8 Å². The summed E-state index contributed by atoms with van der Waals surface area (Å²) in [4.78, 5) is 26.4. The van der Waals surface area contributed by atoms with E-state index in [9.17, 15) is 18.0 Å². The molecule has 1 aromatic heterocycles. The van der Waals surface area contributed by atoms with Crippen molar-refractivity contribution >= 4 is 29.1 Å². The molecule has 0 saturated carbocycles. The number of aromatic nitrogens is 2. The Labute approximate surface area is 205 Å². The van der Waals surface area contributed by atoms with Gasteiger partial charge >= 0.3 is 0 Å². The van der Waals surface area contributed by atoms with Crippen LogP contribution in [0, 0.1) is 18.3 Å². The van der Waals surface area contributed by atoms with Crippen molar-refractivity contribution in [3.8, 4) is 11.1 Å². The lowest BCUT2D eigenvalue weighted by molar-refractivity contribution is -0.0897. The topological polar surface area (TPSA) is 62.5 Å². The number of piperidine rings is 1. The Kier molecular flexibility index (Phi) is 6.94. The highest BCUT2D eigenvalue weighted by Crippen LogP contribution is 2.37. The maximum Gasteiger partial charge on any atom is 0.265 e. The Bertz CT molecular complexity index is 1260. The van der Waals surface area contributed by atoms with Crippen molar-refractivity contribution in [1.82, 2.24) is 14.9 Å². The van der Waals surface area contributed by atoms with Gasteiger partial charge in [0.25, 0.3) is 11.8 Å². The van der Waals surface area contributed by atoms with E-state index in [1.165, 1.54) is 48.8 Å². The lowest BCUT2D eigenvalue weighted by atomic mass is 9.87. The van der Waals surface area contributed by atoms with E-state index in [1.807, 2.05) is 0 Å². The second-order valence-electron chi connectivity index (χ2n) is 8.49. The molecule has 6 nitrogen and oxygen atoms in total. The Morgan fingerprint density at radius 1 is 1.23 bits per heavy atom. The molecule has 1 saturated heterocycles. The van der Waals surface area contributed by atoms with Gasteiger partial charge in [0.1, 0.15) is 5.82 Å². The van der Waals surface area contributed by atoms with Gasteiger partial charge in [-0.3, -0.25) is 4.79 Å². The molecule has 2 aromatic carbocycles. The fourth-order valence-electron chi connectivity index (χ4n) is 4.29. The van der Waals surface area contributed by atoms with Gasteiger partial charge in [-0.2, -0.15) is 0 Å². The molecular weight excluding hydrogens is 479 g/mol. The van der Waals surface area contributed by atoms with Gasteiger partial charge in [0.15, 0.2) is 5.69 Å². The Hall–Kier alpha value is -3.64. The van der Waals surface area contributed by atoms with Crippen molar-refractivity contribution < 1.29 is 18.0 Å². The van der Waals surface area contributed by atoms with E-state index in [4.69, 9.17) is 18.2 Å². The number of amides is 1. The largest absolute Gasteiger partial charge is 0.352 e. The normalized spacial score (nSPS) is 19.1. The number of hydrogen-bond acceptors (Lipinski definition) is 4. The molecule has 180 valence electrons. The molecule has 0 radical (unpaired) electrons. The monoisotopic (exact) mass is 499 g/mol. The molecule has 0 aliphatic carbocycles. The van der Waals surface area contributed by atoms with Crippen LogP contribution in [0.3, 0.4) is 0 Å². The minimum atomic E-state index is -3.07. The number of alkyl halides is 2. The predicted molar refractivity (Wildman–Crippen MR) is 127 cm³/mol. The minimum Gasteiger partial charge on any atom is -0.352 e. The fraction of sp³-hybridized carbons (Fsp3) is 0.280. The molecule has 1 amide bonds. The zero-order valence-electron chi connectivity index (χ0n) is 18.7. The van der Waals surface area contributed by atoms with Crippen LogP contribution in [0.5, 0.6) is 0 Å². The van der Waals surface area contributed by atoms with E-state index < -0.39 is 36.2 Å². The summed E-state index contributed by atoms with van der Waals surface area (Å²) in [5.41, 5.74) is 1.26. The Balaban J connectivity index is 1.70. The van der Waals surface area contributed by atoms with Crippen molar-refractivity contribution in [3.63, 3.8) is 0 Å². The summed E-state index contributed by atoms with van der Waals surface area (Å²) in [6.07, 6.45) is 2.43. The third-order valence-electron chi connectivity index (χ3n) is 5.95. The van der Waals surface area contributed by atoms with Gasteiger partial charge in [-0.15, -0.1) is 0 Å². The minimum absolute atomic E-state index is 0.0998. The van der Waals surface area contributed by atoms with E-state index in [2.05, 4.69) is 20.1 Å². The van der Waals surface area contributed by atoms with Gasteiger partial charge in [-0.05, 0) is 35.2 Å². The Morgan fingerprint density at radius 2 is 1.91 bits per heavy atom. The molecule has 0 spiro atoms. The number of anilines is 1. The number of benzene rings is 2. The van der Waals surface area contributed by atoms with Crippen LogP contribution < -0.4 is 5.32 Å². The molecule has 10 heteroatoms. The summed E-state index contributed by atoms with van der Waals surface area (Å²) in [5.74, 6) is -4.44. The van der Waals surface area contributed by atoms with E-state index in [-0.39, 0.29) is 30.2 Å². The average Bonchev–Trinajstić information content (AvgIpc) is 2.83. The number of carbonyl (C=O) groups excluding carboxylic acids is 1. The first kappa shape index (κ1) is 24.5. The van der Waals surface area contributed by atoms with E-state index in [0.717, 1.165) is 4.90 Å². The molecule has 2 atom stereocenters. The predicted octanol–water partition coefficient (Wildman–Crippen LogP) is 6.08. The van der Waals surface area contributed by atoms with Crippen LogP contribution in [0.2, 0.25) is 5.02 Å². The lowest BCUT2D eigenvalue weighted by Crippen LogP contribution is -2.57. The van der Waals surface area contributed by atoms with Gasteiger partial charge in [0.05, 0.1) is 36.6 Å². The summed E-state index contributed by atoms with van der Waals surface area (Å²) in [5, 5.41) is 3.35. The van der Waals surface area contributed by atoms with Crippen molar-refractivity contribution in [2.24, 2.45) is 5.92 Å². The van der Waals surface area contributed by atoms with E-state index in [1.54, 1.807) is 13.0 Å². The third kappa shape index (κ3) is 5.54. The highest BCUT2D eigenvalue weighted by molar-refractivity contribution is 6.30. The molecular formula is C25H21ClF3N5O. The standard InChI is InChI=1S/C25H21ClF3N5O/c1-15-10-25(28,29)14-34(22(15)13-33-24-31-11-17(26)12-32-24)23(35)21-9-19(30-2)7-8-20(21)16-3-5-18(27)6-4-16/h3-9,11-12,15,22H,10,13-14H2,1H3,(H,31,32,33)/t15-,22-/m1/s1. The second-order valence-corrected chi connectivity index (χ2v) is 8.93. The number of likely N-dealkylation sites (tertiary alicyclic amines) is 1. The SMILES string of the molecule is [C-]#[N+]c1ccc(-c2ccc(F)cc2)c(C(=O)N2CC(F)(F)C[C@@H](C)[C@H]2CNc2ncc(Cl)cn2)c1. The Morgan fingerprint density at radius 3 is 2.57 bits per heavy atom. The average molecular weight is 500 g/mol. The zero-order valence-corrected chi connectivity index (χ0v) is 19.4. The smallest absolute Gasteiger partial charge is 0.265 e. The first-order valence-corrected chi connectivity index (χ1v) is 11.2. The van der Waals surface area contributed by atoms with Crippen LogP contribution in [0.1, 0.15) is 23.7 Å². The van der Waals surface area contributed by atoms with E-state index in [0.29, 0.717) is 16.1 Å². The van der Waals surface area contributed by atoms with Gasteiger partial charge < -0.3 is 10.2 Å². The summed E-state index contributed by atoms with van der Waals surface area (Å²) in [6, 6.07) is 9.41. The van der Waals surface area contributed by atoms with Crippen molar-refractivity contribution in [2.75, 3.05) is 18.4 Å². The van der Waals surface area contributed by atoms with Crippen LogP contribution in [0.4, 0.5) is 24.8 Å². The molecule has 1 fully saturated rings. The van der Waals surface area contributed by atoms with Gasteiger partial charge in [0.2, 0.25) is 5.95 Å². The summed E-state index contributed by atoms with van der Waals surface area (Å²) in [7, 11) is 0. The molecule has 1 N–H and O–H groups in total. The van der Waals surface area contributed by atoms with Crippen molar-refractivity contribution in [2.45, 2.75) is 25.3 Å². The molecule has 35 heavy (non-hydrogen) atoms. The van der Waals surface area contributed by atoms with Crippen molar-refractivity contribution in [1.29, 1.82) is 0 Å². The number of carbonyl (C=O) groups is 1. The number of nitrogens with zero attached hydrogens (tertiary/aromatic N) is 4. The number of nitrogens with one attached hydrogen (secondary N) is 1. The third-order valence-corrected chi connectivity index (χ3v) is 6.14. The quantitative estimate of drug-likeness (QED) is 0.432. The van der Waals surface area contributed by atoms with Gasteiger partial charge in [-0.1, -0.05) is 42.8 Å². The number of halogens is 4. The highest BCUT2D eigenvalue weighted by Gasteiger charge is 2.46. The fourth-order valence-corrected chi connectivity index (χ4v) is 4.39. The molecule has 1 aliphatic rings. The van der Waals surface area contributed by atoms with Crippen LogP contribution in [-0.2, 0) is 0 Å². The molecule has 3 aromatic rings. The first-order chi connectivity index (χ1) is 16.7. The second kappa shape index (κ2) is 9.92. The molecule has 0 bridgehead atoms. The highest BCUT2D eigenvalue weighted by atomic mass is 35.5. The van der Waals surface area contributed by atoms with E-state index >= 15 is 0 Å². The van der Waals surface area contributed by atoms with Gasteiger partial charge in [-0.25, -0.2) is 28.0 Å². The zero-order chi connectivity index (χ0) is 25.2. The molecule has 0 unspecified atom stereocenters. The summed E-state index contributed by atoms with van der Waals surface area (Å²) >= 11 is 5.82. The lowest BCUT2D eigenvalue weighted by Gasteiger charge is -2.43. The maximum absolute atomic E-state index is 14.6. The van der Waals surface area contributed by atoms with Crippen LogP contribution >= 0.6 is 11.6 Å². The van der Waals surface area contributed by atoms with Gasteiger partial charge in [0, 0.05) is 18.5 Å². The number of hydrogen-bond donors (Lipinski definition) is 1. The summed E-state index contributed by atoms with van der Waals surface area (Å²) < 4.78 is 42.7. The van der Waals surface area contributed by atoms with Crippen molar-refractivity contribution in [3.05, 3.63) is 82.7 Å². The number of rotatable bonds is 5. The first-order valence-electron chi connectivity index (χ1n) is 10.8. The molecule has 4 rings (SSSR count). The summed E-state index contributed by atoms with van der Waals surface area (Å²) in [6.45, 7) is 8.37. The van der Waals surface area contributed by atoms with Crippen LogP contribution in [0.25, 0.3) is 16.0 Å². The van der Waals surface area contributed by atoms with Crippen LogP contribution in [0.15, 0.2) is 54.9 Å². The molecule has 1 aliphatic heterocycles.